The van der Waals surface area contributed by atoms with Gasteiger partial charge in [-0.05, 0) is 29.8 Å². The number of carbonyl (C=O) groups excluding carboxylic acids is 2. The van der Waals surface area contributed by atoms with Crippen LogP contribution in [-0.2, 0) is 9.59 Å². The van der Waals surface area contributed by atoms with Gasteiger partial charge in [-0.1, -0.05) is 53.5 Å². The summed E-state index contributed by atoms with van der Waals surface area (Å²) in [7, 11) is 0. The van der Waals surface area contributed by atoms with Crippen molar-refractivity contribution in [3.8, 4) is 0 Å². The van der Waals surface area contributed by atoms with E-state index in [1.165, 1.54) is 13.0 Å². The first-order valence-corrected chi connectivity index (χ1v) is 7.52. The van der Waals surface area contributed by atoms with Crippen LogP contribution in [0.2, 0.25) is 10.0 Å². The predicted molar refractivity (Wildman–Crippen MR) is 93.3 cm³/mol. The highest BCUT2D eigenvalue weighted by Gasteiger charge is 2.13. The van der Waals surface area contributed by atoms with Crippen LogP contribution in [0.1, 0.15) is 12.5 Å². The molecular weight excluding hydrogens is 335 g/mol. The van der Waals surface area contributed by atoms with Gasteiger partial charge < -0.3 is 10.6 Å². The number of carbonyl (C=O) groups is 2. The van der Waals surface area contributed by atoms with Crippen molar-refractivity contribution < 1.29 is 9.59 Å². The van der Waals surface area contributed by atoms with Gasteiger partial charge in [0, 0.05) is 11.9 Å². The van der Waals surface area contributed by atoms with E-state index in [0.717, 1.165) is 5.56 Å². The molecule has 0 radical (unpaired) electrons. The fourth-order valence-corrected chi connectivity index (χ4v) is 2.18. The molecule has 0 saturated carbocycles. The van der Waals surface area contributed by atoms with Crippen molar-refractivity contribution in [2.75, 3.05) is 5.32 Å². The molecule has 118 valence electrons. The maximum atomic E-state index is 12.4. The van der Waals surface area contributed by atoms with E-state index >= 15 is 0 Å². The normalized spacial score (nSPS) is 11.0. The average Bonchev–Trinajstić information content (AvgIpc) is 2.51. The number of halogens is 2. The fraction of sp³-hybridized carbons (Fsp3) is 0.0588. The number of amides is 2. The Kier molecular flexibility index (Phi) is 5.79. The molecule has 2 aromatic rings. The minimum atomic E-state index is -0.492. The highest BCUT2D eigenvalue weighted by molar-refractivity contribution is 6.36. The van der Waals surface area contributed by atoms with Crippen molar-refractivity contribution in [2.45, 2.75) is 6.92 Å². The van der Waals surface area contributed by atoms with Crippen molar-refractivity contribution in [3.63, 3.8) is 0 Å². The Hall–Kier alpha value is -2.30. The largest absolute Gasteiger partial charge is 0.322 e. The summed E-state index contributed by atoms with van der Waals surface area (Å²) in [6.07, 6.45) is 1.58. The highest BCUT2D eigenvalue weighted by Crippen LogP contribution is 2.25. The summed E-state index contributed by atoms with van der Waals surface area (Å²) >= 11 is 11.9. The molecule has 2 rings (SSSR count). The standard InChI is InChI=1S/C17H14Cl2N2O2/c1-11(22)20-16(9-12-5-3-2-4-6-12)17(23)21-15-10-13(18)7-8-14(15)19/h2-10H,1H3,(H,20,22)(H,21,23). The van der Waals surface area contributed by atoms with Crippen LogP contribution in [-0.4, -0.2) is 11.8 Å². The maximum absolute atomic E-state index is 12.4. The van der Waals surface area contributed by atoms with Crippen LogP contribution in [0.4, 0.5) is 5.69 Å². The highest BCUT2D eigenvalue weighted by atomic mass is 35.5. The van der Waals surface area contributed by atoms with Crippen LogP contribution in [0.3, 0.4) is 0 Å². The molecule has 0 aliphatic heterocycles. The van der Waals surface area contributed by atoms with Gasteiger partial charge in [0.1, 0.15) is 5.70 Å². The van der Waals surface area contributed by atoms with Gasteiger partial charge in [0.25, 0.3) is 5.91 Å². The Morgan fingerprint density at radius 2 is 1.74 bits per heavy atom. The molecule has 0 aromatic heterocycles. The van der Waals surface area contributed by atoms with E-state index in [1.54, 1.807) is 18.2 Å². The van der Waals surface area contributed by atoms with Crippen molar-refractivity contribution in [1.82, 2.24) is 5.32 Å². The Bertz CT molecular complexity index is 758. The van der Waals surface area contributed by atoms with E-state index in [9.17, 15) is 9.59 Å². The summed E-state index contributed by atoms with van der Waals surface area (Å²) < 4.78 is 0. The van der Waals surface area contributed by atoms with Crippen LogP contribution in [0.5, 0.6) is 0 Å². The molecule has 0 fully saturated rings. The molecule has 0 aliphatic rings. The second-order valence-electron chi connectivity index (χ2n) is 4.73. The molecule has 0 spiro atoms. The second-order valence-corrected chi connectivity index (χ2v) is 5.57. The van der Waals surface area contributed by atoms with Crippen LogP contribution < -0.4 is 10.6 Å². The molecule has 0 atom stereocenters. The molecule has 4 nitrogen and oxygen atoms in total. The molecule has 0 aliphatic carbocycles. The van der Waals surface area contributed by atoms with Crippen LogP contribution >= 0.6 is 23.2 Å². The van der Waals surface area contributed by atoms with Gasteiger partial charge in [0.2, 0.25) is 5.91 Å². The van der Waals surface area contributed by atoms with E-state index in [-0.39, 0.29) is 11.6 Å². The van der Waals surface area contributed by atoms with Crippen molar-refractivity contribution in [1.29, 1.82) is 0 Å². The summed E-state index contributed by atoms with van der Waals surface area (Å²) in [5.74, 6) is -0.840. The fourth-order valence-electron chi connectivity index (χ4n) is 1.85. The summed E-state index contributed by atoms with van der Waals surface area (Å²) in [4.78, 5) is 23.8. The summed E-state index contributed by atoms with van der Waals surface area (Å²) in [6.45, 7) is 1.33. The van der Waals surface area contributed by atoms with Crippen LogP contribution in [0.25, 0.3) is 6.08 Å². The topological polar surface area (TPSA) is 58.2 Å². The van der Waals surface area contributed by atoms with E-state index < -0.39 is 5.91 Å². The average molecular weight is 349 g/mol. The van der Waals surface area contributed by atoms with Gasteiger partial charge in [-0.3, -0.25) is 9.59 Å². The lowest BCUT2D eigenvalue weighted by atomic mass is 10.2. The molecule has 6 heteroatoms. The van der Waals surface area contributed by atoms with Gasteiger partial charge in [-0.25, -0.2) is 0 Å². The van der Waals surface area contributed by atoms with Crippen LogP contribution in [0.15, 0.2) is 54.2 Å². The smallest absolute Gasteiger partial charge is 0.272 e. The monoisotopic (exact) mass is 348 g/mol. The molecule has 0 saturated heterocycles. The van der Waals surface area contributed by atoms with Gasteiger partial charge in [-0.2, -0.15) is 0 Å². The third kappa shape index (κ3) is 5.13. The molecule has 2 aromatic carbocycles. The minimum absolute atomic E-state index is 0.111. The first-order valence-electron chi connectivity index (χ1n) is 6.76. The summed E-state index contributed by atoms with van der Waals surface area (Å²) in [5.41, 5.74) is 1.26. The zero-order valence-corrected chi connectivity index (χ0v) is 13.8. The quantitative estimate of drug-likeness (QED) is 0.816. The first kappa shape index (κ1) is 17.1. The Morgan fingerprint density at radius 3 is 2.39 bits per heavy atom. The van der Waals surface area contributed by atoms with Gasteiger partial charge in [-0.15, -0.1) is 0 Å². The van der Waals surface area contributed by atoms with E-state index in [4.69, 9.17) is 23.2 Å². The Labute approximate surface area is 144 Å². The maximum Gasteiger partial charge on any atom is 0.272 e. The third-order valence-electron chi connectivity index (χ3n) is 2.84. The molecular formula is C17H14Cl2N2O2. The zero-order chi connectivity index (χ0) is 16.8. The molecule has 2 N–H and O–H groups in total. The number of anilines is 1. The number of hydrogen-bond acceptors (Lipinski definition) is 2. The molecule has 0 heterocycles. The minimum Gasteiger partial charge on any atom is -0.322 e. The number of nitrogens with one attached hydrogen (secondary N) is 2. The molecule has 0 unspecified atom stereocenters. The van der Waals surface area contributed by atoms with Crippen molar-refractivity contribution in [2.24, 2.45) is 0 Å². The number of benzene rings is 2. The second kappa shape index (κ2) is 7.81. The van der Waals surface area contributed by atoms with Crippen molar-refractivity contribution >= 4 is 46.8 Å². The van der Waals surface area contributed by atoms with Crippen LogP contribution in [0, 0.1) is 0 Å². The van der Waals surface area contributed by atoms with Crippen molar-refractivity contribution in [3.05, 3.63) is 69.8 Å². The SMILES string of the molecule is CC(=O)NC(=Cc1ccccc1)C(=O)Nc1cc(Cl)ccc1Cl. The molecule has 2 amide bonds. The Morgan fingerprint density at radius 1 is 1.04 bits per heavy atom. The lowest BCUT2D eigenvalue weighted by molar-refractivity contribution is -0.120. The number of rotatable bonds is 4. The van der Waals surface area contributed by atoms with E-state index in [0.29, 0.717) is 15.7 Å². The van der Waals surface area contributed by atoms with Gasteiger partial charge in [0.15, 0.2) is 0 Å². The predicted octanol–water partition coefficient (Wildman–Crippen LogP) is 4.11. The number of hydrogen-bond donors (Lipinski definition) is 2. The van der Waals surface area contributed by atoms with Gasteiger partial charge in [0.05, 0.1) is 10.7 Å². The lowest BCUT2D eigenvalue weighted by Gasteiger charge is -2.11. The Balaban J connectivity index is 2.28. The van der Waals surface area contributed by atoms with Gasteiger partial charge >= 0.3 is 0 Å². The third-order valence-corrected chi connectivity index (χ3v) is 3.41. The summed E-state index contributed by atoms with van der Waals surface area (Å²) in [6, 6.07) is 13.9. The first-order chi connectivity index (χ1) is 11.0. The summed E-state index contributed by atoms with van der Waals surface area (Å²) in [5, 5.41) is 5.95. The van der Waals surface area contributed by atoms with E-state index in [2.05, 4.69) is 10.6 Å². The molecule has 23 heavy (non-hydrogen) atoms. The molecule has 0 bridgehead atoms. The zero-order valence-electron chi connectivity index (χ0n) is 12.3. The lowest BCUT2D eigenvalue weighted by Crippen LogP contribution is -2.29. The van der Waals surface area contributed by atoms with E-state index in [1.807, 2.05) is 30.3 Å².